The lowest BCUT2D eigenvalue weighted by molar-refractivity contribution is 0.673. The van der Waals surface area contributed by atoms with E-state index in [0.29, 0.717) is 0 Å². The summed E-state index contributed by atoms with van der Waals surface area (Å²) in [4.78, 5) is 2.34. The van der Waals surface area contributed by atoms with Crippen LogP contribution in [0.1, 0.15) is 0 Å². The van der Waals surface area contributed by atoms with E-state index in [2.05, 4.69) is 191 Å². The Morgan fingerprint density at radius 3 is 1.65 bits per heavy atom. The number of nitrogens with zero attached hydrogens (tertiary/aromatic N) is 2. The van der Waals surface area contributed by atoms with Gasteiger partial charge < -0.3 is 13.9 Å². The van der Waals surface area contributed by atoms with Crippen molar-refractivity contribution < 1.29 is 4.42 Å². The quantitative estimate of drug-likeness (QED) is 0.177. The minimum atomic E-state index is 0.869. The summed E-state index contributed by atoms with van der Waals surface area (Å²) in [5.74, 6) is 0. The highest BCUT2D eigenvalue weighted by Crippen LogP contribution is 2.44. The lowest BCUT2D eigenvalue weighted by Gasteiger charge is -2.26. The Balaban J connectivity index is 1.14. The Morgan fingerprint density at radius 1 is 0.353 bits per heavy atom. The van der Waals surface area contributed by atoms with Gasteiger partial charge in [-0.05, 0) is 87.6 Å². The van der Waals surface area contributed by atoms with Gasteiger partial charge in [0.15, 0.2) is 5.58 Å². The molecule has 0 spiro atoms. The van der Waals surface area contributed by atoms with Crippen LogP contribution in [0.2, 0.25) is 0 Å². The SMILES string of the molecule is c1ccc2c(c1)ccc1cc(N(c3ccc(-n4c5ccccc5c5ccccc54)cc3)c3cccc4c3oc3c5ccccc5ccc43)ccc12. The van der Waals surface area contributed by atoms with Gasteiger partial charge in [-0.25, -0.2) is 0 Å². The molecular weight excluding hydrogens is 621 g/mol. The maximum absolute atomic E-state index is 6.90. The van der Waals surface area contributed by atoms with Gasteiger partial charge in [0.25, 0.3) is 0 Å². The number of fused-ring (bicyclic) bond motifs is 11. The third kappa shape index (κ3) is 4.19. The van der Waals surface area contributed by atoms with Gasteiger partial charge in [-0.3, -0.25) is 0 Å². The molecule has 0 bridgehead atoms. The summed E-state index contributed by atoms with van der Waals surface area (Å²) < 4.78 is 9.27. The summed E-state index contributed by atoms with van der Waals surface area (Å²) in [6, 6.07) is 65.5. The molecule has 2 aromatic heterocycles. The maximum Gasteiger partial charge on any atom is 0.159 e. The van der Waals surface area contributed by atoms with Crippen LogP contribution >= 0.6 is 0 Å². The van der Waals surface area contributed by atoms with E-state index in [1.165, 1.54) is 48.7 Å². The van der Waals surface area contributed by atoms with Crippen LogP contribution in [-0.4, -0.2) is 4.57 Å². The normalized spacial score (nSPS) is 11.9. The molecule has 0 aliphatic rings. The minimum absolute atomic E-state index is 0.869. The van der Waals surface area contributed by atoms with Crippen LogP contribution in [0.25, 0.3) is 81.7 Å². The van der Waals surface area contributed by atoms with Crippen LogP contribution in [0.15, 0.2) is 186 Å². The fourth-order valence-electron chi connectivity index (χ4n) is 8.21. The first kappa shape index (κ1) is 28.0. The highest BCUT2D eigenvalue weighted by Gasteiger charge is 2.21. The molecule has 0 amide bonds. The van der Waals surface area contributed by atoms with Crippen LogP contribution in [0, 0.1) is 0 Å². The molecule has 238 valence electrons. The third-order valence-electron chi connectivity index (χ3n) is 10.5. The Labute approximate surface area is 293 Å². The van der Waals surface area contributed by atoms with Gasteiger partial charge in [-0.15, -0.1) is 0 Å². The molecule has 0 aliphatic carbocycles. The summed E-state index contributed by atoms with van der Waals surface area (Å²) in [6.07, 6.45) is 0. The molecular formula is C48H30N2O. The monoisotopic (exact) mass is 650 g/mol. The second-order valence-corrected chi connectivity index (χ2v) is 13.3. The van der Waals surface area contributed by atoms with Gasteiger partial charge in [0.2, 0.25) is 0 Å². The minimum Gasteiger partial charge on any atom is -0.453 e. The van der Waals surface area contributed by atoms with E-state index in [1.807, 2.05) is 0 Å². The van der Waals surface area contributed by atoms with Crippen LogP contribution in [0.3, 0.4) is 0 Å². The van der Waals surface area contributed by atoms with E-state index in [1.54, 1.807) is 0 Å². The van der Waals surface area contributed by atoms with Crippen molar-refractivity contribution in [3.05, 3.63) is 182 Å². The van der Waals surface area contributed by atoms with Crippen molar-refractivity contribution in [3.63, 3.8) is 0 Å². The molecule has 9 aromatic carbocycles. The summed E-state index contributed by atoms with van der Waals surface area (Å²) in [7, 11) is 0. The molecule has 51 heavy (non-hydrogen) atoms. The van der Waals surface area contributed by atoms with Crippen molar-refractivity contribution in [2.45, 2.75) is 0 Å². The second kappa shape index (κ2) is 10.8. The van der Waals surface area contributed by atoms with Crippen molar-refractivity contribution >= 4 is 93.1 Å². The van der Waals surface area contributed by atoms with Gasteiger partial charge >= 0.3 is 0 Å². The molecule has 11 aromatic rings. The van der Waals surface area contributed by atoms with E-state index in [-0.39, 0.29) is 0 Å². The Hall–Kier alpha value is -6.84. The van der Waals surface area contributed by atoms with Crippen molar-refractivity contribution in [1.82, 2.24) is 4.57 Å². The van der Waals surface area contributed by atoms with E-state index in [9.17, 15) is 0 Å². The predicted molar refractivity (Wildman–Crippen MR) is 215 cm³/mol. The molecule has 11 rings (SSSR count). The van der Waals surface area contributed by atoms with Crippen molar-refractivity contribution in [1.29, 1.82) is 0 Å². The Kier molecular flexibility index (Phi) is 5.96. The Morgan fingerprint density at radius 2 is 0.882 bits per heavy atom. The highest BCUT2D eigenvalue weighted by molar-refractivity contribution is 6.18. The zero-order valence-electron chi connectivity index (χ0n) is 27.6. The van der Waals surface area contributed by atoms with Crippen molar-refractivity contribution in [2.24, 2.45) is 0 Å². The first-order chi connectivity index (χ1) is 25.3. The van der Waals surface area contributed by atoms with Gasteiger partial charge in [-0.2, -0.15) is 0 Å². The van der Waals surface area contributed by atoms with E-state index in [4.69, 9.17) is 4.42 Å². The first-order valence-electron chi connectivity index (χ1n) is 17.4. The molecule has 0 atom stereocenters. The van der Waals surface area contributed by atoms with E-state index >= 15 is 0 Å². The maximum atomic E-state index is 6.90. The predicted octanol–water partition coefficient (Wildman–Crippen LogP) is 13.6. The third-order valence-corrected chi connectivity index (χ3v) is 10.5. The number of hydrogen-bond acceptors (Lipinski definition) is 2. The summed E-state index contributed by atoms with van der Waals surface area (Å²) in [5, 5.41) is 12.0. The number of aromatic nitrogens is 1. The molecule has 0 saturated heterocycles. The zero-order chi connectivity index (χ0) is 33.5. The van der Waals surface area contributed by atoms with E-state index < -0.39 is 0 Å². The smallest absolute Gasteiger partial charge is 0.159 e. The average molecular weight is 651 g/mol. The lowest BCUT2D eigenvalue weighted by Crippen LogP contribution is -2.10. The second-order valence-electron chi connectivity index (χ2n) is 13.3. The average Bonchev–Trinajstić information content (AvgIpc) is 3.75. The Bertz CT molecular complexity index is 3090. The molecule has 3 nitrogen and oxygen atoms in total. The van der Waals surface area contributed by atoms with Crippen molar-refractivity contribution in [3.8, 4) is 5.69 Å². The first-order valence-corrected chi connectivity index (χ1v) is 17.4. The van der Waals surface area contributed by atoms with Gasteiger partial charge in [0, 0.05) is 44.0 Å². The standard InChI is InChI=1S/C48H30N2O/c1-3-12-37-31(10-1)20-21-33-30-36(27-29-38(33)37)49(46-19-9-16-42-43-28-22-32-11-2-4-13-39(32)47(43)51-48(42)46)34-23-25-35(26-24-34)50-44-17-7-5-14-40(44)41-15-6-8-18-45(41)50/h1-30H. The molecule has 0 aliphatic heterocycles. The molecule has 0 fully saturated rings. The number of anilines is 3. The lowest BCUT2D eigenvalue weighted by atomic mass is 10.0. The highest BCUT2D eigenvalue weighted by atomic mass is 16.3. The molecule has 3 heteroatoms. The van der Waals surface area contributed by atoms with Crippen LogP contribution in [-0.2, 0) is 0 Å². The fourth-order valence-corrected chi connectivity index (χ4v) is 8.21. The summed E-state index contributed by atoms with van der Waals surface area (Å²) >= 11 is 0. The summed E-state index contributed by atoms with van der Waals surface area (Å²) in [6.45, 7) is 0. The molecule has 0 saturated carbocycles. The van der Waals surface area contributed by atoms with E-state index in [0.717, 1.165) is 50.1 Å². The number of hydrogen-bond donors (Lipinski definition) is 0. The van der Waals surface area contributed by atoms with Crippen LogP contribution < -0.4 is 4.90 Å². The molecule has 0 radical (unpaired) electrons. The van der Waals surface area contributed by atoms with Crippen LogP contribution in [0.4, 0.5) is 17.1 Å². The zero-order valence-corrected chi connectivity index (χ0v) is 27.6. The van der Waals surface area contributed by atoms with Crippen LogP contribution in [0.5, 0.6) is 0 Å². The topological polar surface area (TPSA) is 21.3 Å². The number of para-hydroxylation sites is 3. The van der Waals surface area contributed by atoms with Gasteiger partial charge in [0.05, 0.1) is 16.7 Å². The fraction of sp³-hybridized carbons (Fsp3) is 0. The molecule has 0 unspecified atom stereocenters. The summed E-state index contributed by atoms with van der Waals surface area (Å²) in [5.41, 5.74) is 8.43. The largest absolute Gasteiger partial charge is 0.453 e. The number of furan rings is 1. The molecule has 0 N–H and O–H groups in total. The van der Waals surface area contributed by atoms with Gasteiger partial charge in [0.1, 0.15) is 5.58 Å². The number of rotatable bonds is 4. The van der Waals surface area contributed by atoms with Gasteiger partial charge in [-0.1, -0.05) is 121 Å². The molecule has 2 heterocycles. The number of benzene rings is 9. The van der Waals surface area contributed by atoms with Crippen molar-refractivity contribution in [2.75, 3.05) is 4.90 Å².